The van der Waals surface area contributed by atoms with Crippen LogP contribution in [0.15, 0.2) is 30.3 Å². The summed E-state index contributed by atoms with van der Waals surface area (Å²) in [5.41, 5.74) is 1.17. The van der Waals surface area contributed by atoms with E-state index in [4.69, 9.17) is 4.74 Å². The van der Waals surface area contributed by atoms with Crippen molar-refractivity contribution in [3.63, 3.8) is 0 Å². The second-order valence-electron chi connectivity index (χ2n) is 6.91. The molecule has 5 nitrogen and oxygen atoms in total. The van der Waals surface area contributed by atoms with E-state index in [9.17, 15) is 9.90 Å². The monoisotopic (exact) mass is 332 g/mol. The molecule has 1 spiro atoms. The van der Waals surface area contributed by atoms with Crippen LogP contribution in [0.4, 0.5) is 4.79 Å². The summed E-state index contributed by atoms with van der Waals surface area (Å²) < 4.78 is 5.83. The highest BCUT2D eigenvalue weighted by Gasteiger charge is 2.59. The van der Waals surface area contributed by atoms with E-state index in [1.807, 2.05) is 37.3 Å². The molecule has 3 atom stereocenters. The molecule has 0 aromatic heterocycles. The first-order valence-electron chi connectivity index (χ1n) is 9.04. The first-order valence-corrected chi connectivity index (χ1v) is 9.04. The molecule has 2 saturated carbocycles. The number of urea groups is 1. The van der Waals surface area contributed by atoms with Crippen molar-refractivity contribution in [3.05, 3.63) is 35.9 Å². The maximum absolute atomic E-state index is 12.5. The molecule has 2 fully saturated rings. The van der Waals surface area contributed by atoms with E-state index in [1.54, 1.807) is 0 Å². The third-order valence-electron chi connectivity index (χ3n) is 5.67. The highest BCUT2D eigenvalue weighted by atomic mass is 16.5. The number of aliphatic hydroxyl groups is 1. The highest BCUT2D eigenvalue weighted by molar-refractivity contribution is 5.75. The number of carbonyl (C=O) groups is 1. The maximum atomic E-state index is 12.5. The first kappa shape index (κ1) is 17.2. The second kappa shape index (κ2) is 7.53. The summed E-state index contributed by atoms with van der Waals surface area (Å²) in [7, 11) is 0. The van der Waals surface area contributed by atoms with Gasteiger partial charge < -0.3 is 20.5 Å². The number of amides is 2. The van der Waals surface area contributed by atoms with E-state index in [0.29, 0.717) is 12.5 Å². The predicted octanol–water partition coefficient (Wildman–Crippen LogP) is 2.76. The standard InChI is InChI=1S/C19H28N2O3/c1-2-24-17-13-16(19(17)10-6-11-19)21-18(23)20-15(9-12-22)14-7-4-3-5-8-14/h3-5,7-8,15-17,22H,2,6,9-13H2,1H3,(H2,20,21,23)/t15-,16?,17?/m1/s1. The van der Waals surface area contributed by atoms with Crippen molar-refractivity contribution >= 4 is 6.03 Å². The summed E-state index contributed by atoms with van der Waals surface area (Å²) in [4.78, 5) is 12.5. The van der Waals surface area contributed by atoms with Gasteiger partial charge in [-0.05, 0) is 38.2 Å². The smallest absolute Gasteiger partial charge is 0.315 e. The van der Waals surface area contributed by atoms with Crippen molar-refractivity contribution in [1.82, 2.24) is 10.6 Å². The fourth-order valence-electron chi connectivity index (χ4n) is 4.14. The fraction of sp³-hybridized carbons (Fsp3) is 0.632. The van der Waals surface area contributed by atoms with Gasteiger partial charge in [0.15, 0.2) is 0 Å². The molecule has 2 unspecified atom stereocenters. The molecule has 0 saturated heterocycles. The topological polar surface area (TPSA) is 70.6 Å². The minimum absolute atomic E-state index is 0.0413. The number of aliphatic hydroxyl groups excluding tert-OH is 1. The SMILES string of the molecule is CCOC1CC(NC(=O)N[C@H](CCO)c2ccccc2)C12CCC2. The van der Waals surface area contributed by atoms with E-state index in [0.717, 1.165) is 31.4 Å². The van der Waals surface area contributed by atoms with Gasteiger partial charge in [0.1, 0.15) is 0 Å². The van der Waals surface area contributed by atoms with Gasteiger partial charge in [-0.3, -0.25) is 0 Å². The Hall–Kier alpha value is -1.59. The van der Waals surface area contributed by atoms with Crippen LogP contribution in [-0.2, 0) is 4.74 Å². The van der Waals surface area contributed by atoms with Gasteiger partial charge in [0.25, 0.3) is 0 Å². The Kier molecular flexibility index (Phi) is 5.41. The van der Waals surface area contributed by atoms with E-state index in [2.05, 4.69) is 10.6 Å². The Morgan fingerprint density at radius 2 is 2.12 bits per heavy atom. The maximum Gasteiger partial charge on any atom is 0.315 e. The number of hydrogen-bond donors (Lipinski definition) is 3. The average molecular weight is 332 g/mol. The van der Waals surface area contributed by atoms with Crippen LogP contribution >= 0.6 is 0 Å². The zero-order valence-corrected chi connectivity index (χ0v) is 14.3. The highest BCUT2D eigenvalue weighted by Crippen LogP contribution is 2.57. The molecule has 1 aromatic rings. The summed E-state index contributed by atoms with van der Waals surface area (Å²) in [6.45, 7) is 2.80. The van der Waals surface area contributed by atoms with Crippen LogP contribution in [0.1, 0.15) is 50.6 Å². The van der Waals surface area contributed by atoms with Gasteiger partial charge in [0, 0.05) is 24.7 Å². The zero-order chi connectivity index (χ0) is 17.0. The number of hydrogen-bond acceptors (Lipinski definition) is 3. The molecule has 2 aliphatic carbocycles. The summed E-state index contributed by atoms with van der Waals surface area (Å²) in [5.74, 6) is 0. The lowest BCUT2D eigenvalue weighted by Gasteiger charge is -2.60. The number of ether oxygens (including phenoxy) is 1. The van der Waals surface area contributed by atoms with Gasteiger partial charge in [-0.25, -0.2) is 4.79 Å². The van der Waals surface area contributed by atoms with Gasteiger partial charge in [0.2, 0.25) is 0 Å². The van der Waals surface area contributed by atoms with Gasteiger partial charge in [-0.1, -0.05) is 36.8 Å². The van der Waals surface area contributed by atoms with E-state index < -0.39 is 0 Å². The minimum atomic E-state index is -0.170. The largest absolute Gasteiger partial charge is 0.396 e. The van der Waals surface area contributed by atoms with Crippen LogP contribution in [0.5, 0.6) is 0 Å². The number of benzene rings is 1. The van der Waals surface area contributed by atoms with Gasteiger partial charge >= 0.3 is 6.03 Å². The lowest BCUT2D eigenvalue weighted by atomic mass is 9.51. The molecule has 0 bridgehead atoms. The van der Waals surface area contributed by atoms with E-state index >= 15 is 0 Å². The molecular formula is C19H28N2O3. The Balaban J connectivity index is 1.57. The quantitative estimate of drug-likeness (QED) is 0.719. The van der Waals surface area contributed by atoms with Crippen LogP contribution in [0.3, 0.4) is 0 Å². The zero-order valence-electron chi connectivity index (χ0n) is 14.3. The molecule has 0 radical (unpaired) electrons. The van der Waals surface area contributed by atoms with Crippen LogP contribution in [0.2, 0.25) is 0 Å². The van der Waals surface area contributed by atoms with Crippen molar-refractivity contribution in [3.8, 4) is 0 Å². The molecule has 24 heavy (non-hydrogen) atoms. The summed E-state index contributed by atoms with van der Waals surface area (Å²) in [6, 6.07) is 9.67. The van der Waals surface area contributed by atoms with Crippen molar-refractivity contribution in [2.75, 3.05) is 13.2 Å². The predicted molar refractivity (Wildman–Crippen MR) is 92.7 cm³/mol. The minimum Gasteiger partial charge on any atom is -0.396 e. The lowest BCUT2D eigenvalue weighted by molar-refractivity contribution is -0.169. The van der Waals surface area contributed by atoms with E-state index in [1.165, 1.54) is 6.42 Å². The first-order chi connectivity index (χ1) is 11.7. The normalized spacial score (nSPS) is 25.4. The summed E-state index contributed by atoms with van der Waals surface area (Å²) in [6.07, 6.45) is 5.21. The Morgan fingerprint density at radius 1 is 1.38 bits per heavy atom. The fourth-order valence-corrected chi connectivity index (χ4v) is 4.14. The van der Waals surface area contributed by atoms with Gasteiger partial charge in [-0.15, -0.1) is 0 Å². The lowest BCUT2D eigenvalue weighted by Crippen LogP contribution is -2.68. The summed E-state index contributed by atoms with van der Waals surface area (Å²) >= 11 is 0. The molecule has 2 amide bonds. The Morgan fingerprint density at radius 3 is 2.71 bits per heavy atom. The molecule has 132 valence electrons. The molecule has 2 aliphatic rings. The third-order valence-corrected chi connectivity index (χ3v) is 5.67. The van der Waals surface area contributed by atoms with Crippen LogP contribution < -0.4 is 10.6 Å². The van der Waals surface area contributed by atoms with Gasteiger partial charge in [-0.2, -0.15) is 0 Å². The van der Waals surface area contributed by atoms with Crippen molar-refractivity contribution in [2.24, 2.45) is 5.41 Å². The molecule has 1 aromatic carbocycles. The number of carbonyl (C=O) groups excluding carboxylic acids is 1. The molecule has 0 aliphatic heterocycles. The third kappa shape index (κ3) is 3.28. The van der Waals surface area contributed by atoms with Crippen LogP contribution in [-0.4, -0.2) is 36.5 Å². The Bertz CT molecular complexity index is 545. The second-order valence-corrected chi connectivity index (χ2v) is 6.91. The molecule has 3 N–H and O–H groups in total. The summed E-state index contributed by atoms with van der Waals surface area (Å²) in [5, 5.41) is 15.4. The van der Waals surface area contributed by atoms with Crippen molar-refractivity contribution in [1.29, 1.82) is 0 Å². The average Bonchev–Trinajstić information content (AvgIpc) is 2.52. The number of nitrogens with one attached hydrogen (secondary N) is 2. The van der Waals surface area contributed by atoms with Crippen LogP contribution in [0.25, 0.3) is 0 Å². The molecule has 5 heteroatoms. The van der Waals surface area contributed by atoms with Crippen molar-refractivity contribution < 1.29 is 14.6 Å². The van der Waals surface area contributed by atoms with Crippen molar-refractivity contribution in [2.45, 2.75) is 57.2 Å². The Labute approximate surface area is 143 Å². The molecule has 0 heterocycles. The van der Waals surface area contributed by atoms with E-state index in [-0.39, 0.29) is 30.1 Å². The van der Waals surface area contributed by atoms with Crippen LogP contribution in [0, 0.1) is 5.41 Å². The molecular weight excluding hydrogens is 304 g/mol. The number of rotatable bonds is 7. The molecule has 3 rings (SSSR count). The van der Waals surface area contributed by atoms with Gasteiger partial charge in [0.05, 0.1) is 12.1 Å².